The summed E-state index contributed by atoms with van der Waals surface area (Å²) in [4.78, 5) is 18.5. The number of fused-ring (bicyclic) bond motifs is 1. The number of benzene rings is 1. The molecule has 0 spiro atoms. The number of aliphatic hydroxyl groups excluding tert-OH is 1. The van der Waals surface area contributed by atoms with Gasteiger partial charge in [0.2, 0.25) is 10.0 Å². The maximum absolute atomic E-state index is 12.7. The Balaban J connectivity index is 1.93. The maximum Gasteiger partial charge on any atom is 0.258 e. The second-order valence-corrected chi connectivity index (χ2v) is 9.99. The number of β-amino-alcohol motifs (C(OH)–C–C–N with tert-alkyl or cyclic N) is 1. The fraction of sp³-hybridized carbons (Fsp3) is 0.500. The summed E-state index contributed by atoms with van der Waals surface area (Å²) in [6, 6.07) is 6.34. The molecule has 164 valence electrons. The number of likely N-dealkylation sites (tertiary alicyclic amines) is 1. The van der Waals surface area contributed by atoms with Gasteiger partial charge in [-0.2, -0.15) is 0 Å². The van der Waals surface area contributed by atoms with Gasteiger partial charge in [-0.3, -0.25) is 9.78 Å². The van der Waals surface area contributed by atoms with Crippen LogP contribution in [-0.4, -0.2) is 79.6 Å². The molecule has 1 aliphatic heterocycles. The van der Waals surface area contributed by atoms with E-state index >= 15 is 0 Å². The number of hydrogen-bond donors (Lipinski definition) is 2. The van der Waals surface area contributed by atoms with Crippen molar-refractivity contribution in [1.82, 2.24) is 14.2 Å². The largest absolute Gasteiger partial charge is 0.480 e. The summed E-state index contributed by atoms with van der Waals surface area (Å²) >= 11 is 0. The highest BCUT2D eigenvalue weighted by Crippen LogP contribution is 2.32. The zero-order valence-electron chi connectivity index (χ0n) is 17.4. The van der Waals surface area contributed by atoms with E-state index < -0.39 is 22.0 Å². The van der Waals surface area contributed by atoms with Crippen LogP contribution in [0.3, 0.4) is 0 Å². The molecule has 1 unspecified atom stereocenters. The minimum atomic E-state index is -3.71. The van der Waals surface area contributed by atoms with Crippen LogP contribution in [0.1, 0.15) is 13.3 Å². The smallest absolute Gasteiger partial charge is 0.258 e. The van der Waals surface area contributed by atoms with Crippen LogP contribution in [0.4, 0.5) is 0 Å². The van der Waals surface area contributed by atoms with Gasteiger partial charge in [-0.05, 0) is 30.7 Å². The molecule has 1 fully saturated rings. The van der Waals surface area contributed by atoms with Crippen molar-refractivity contribution in [3.8, 4) is 5.75 Å². The minimum absolute atomic E-state index is 0.0603. The third kappa shape index (κ3) is 4.56. The van der Waals surface area contributed by atoms with Gasteiger partial charge in [-0.1, -0.05) is 6.92 Å². The third-order valence-electron chi connectivity index (χ3n) is 5.30. The average Bonchev–Trinajstić information content (AvgIpc) is 3.09. The molecule has 2 heterocycles. The van der Waals surface area contributed by atoms with Gasteiger partial charge in [-0.15, -0.1) is 0 Å². The van der Waals surface area contributed by atoms with Gasteiger partial charge in [0.1, 0.15) is 10.6 Å². The first-order valence-electron chi connectivity index (χ1n) is 9.78. The molecule has 0 saturated carbocycles. The number of ether oxygens (including phenoxy) is 1. The lowest BCUT2D eigenvalue weighted by Crippen LogP contribution is -2.43. The fourth-order valence-corrected chi connectivity index (χ4v) is 4.74. The summed E-state index contributed by atoms with van der Waals surface area (Å²) in [6.45, 7) is 3.72. The van der Waals surface area contributed by atoms with E-state index in [9.17, 15) is 18.3 Å². The van der Waals surface area contributed by atoms with Crippen molar-refractivity contribution in [3.63, 3.8) is 0 Å². The third-order valence-corrected chi connectivity index (χ3v) is 7.14. The Hall–Kier alpha value is -2.27. The second kappa shape index (κ2) is 8.84. The van der Waals surface area contributed by atoms with Gasteiger partial charge in [0.15, 0.2) is 6.10 Å². The fourth-order valence-electron chi connectivity index (χ4n) is 3.70. The van der Waals surface area contributed by atoms with Gasteiger partial charge >= 0.3 is 0 Å². The molecule has 1 saturated heterocycles. The van der Waals surface area contributed by atoms with Crippen LogP contribution in [0.5, 0.6) is 5.75 Å². The summed E-state index contributed by atoms with van der Waals surface area (Å²) in [6.07, 6.45) is 0.939. The number of pyridine rings is 1. The van der Waals surface area contributed by atoms with Crippen LogP contribution in [-0.2, 0) is 14.8 Å². The number of nitrogens with zero attached hydrogens (tertiary/aromatic N) is 3. The monoisotopic (exact) mass is 436 g/mol. The van der Waals surface area contributed by atoms with Crippen molar-refractivity contribution >= 4 is 26.8 Å². The van der Waals surface area contributed by atoms with Crippen LogP contribution in [0.25, 0.3) is 10.9 Å². The lowest BCUT2D eigenvalue weighted by Gasteiger charge is -2.27. The van der Waals surface area contributed by atoms with Crippen molar-refractivity contribution in [2.24, 2.45) is 11.7 Å². The maximum atomic E-state index is 12.7. The van der Waals surface area contributed by atoms with Crippen LogP contribution < -0.4 is 10.5 Å². The Labute approximate surface area is 176 Å². The van der Waals surface area contributed by atoms with E-state index in [4.69, 9.17) is 10.5 Å². The number of carbonyl (C=O) groups excluding carboxylic acids is 1. The molecule has 3 atom stereocenters. The number of aliphatic hydroxyl groups is 1. The molecular formula is C20H28N4O5S. The van der Waals surface area contributed by atoms with Gasteiger partial charge < -0.3 is 20.5 Å². The standard InChI is InChI=1S/C20H28N4O5S/c1-13(11-24-10-8-14(25)12-24)19(20(21)26)29-16-6-7-17(30(27,28)23(2)3)18-15(16)5-4-9-22-18/h4-7,9,13-14,19,25H,8,10-12H2,1-3H3,(H2,21,26)/t13-,14-,19?/m0/s1. The van der Waals surface area contributed by atoms with E-state index in [-0.39, 0.29) is 22.4 Å². The summed E-state index contributed by atoms with van der Waals surface area (Å²) in [5.74, 6) is -0.498. The van der Waals surface area contributed by atoms with E-state index in [1.807, 2.05) is 6.92 Å². The number of nitrogens with two attached hydrogens (primary N) is 1. The van der Waals surface area contributed by atoms with Crippen molar-refractivity contribution in [2.45, 2.75) is 30.4 Å². The Bertz CT molecular complexity index is 1030. The highest BCUT2D eigenvalue weighted by molar-refractivity contribution is 7.89. The van der Waals surface area contributed by atoms with Gasteiger partial charge in [0.05, 0.1) is 11.6 Å². The quantitative estimate of drug-likeness (QED) is 0.614. The first-order chi connectivity index (χ1) is 14.1. The van der Waals surface area contributed by atoms with E-state index in [0.29, 0.717) is 30.6 Å². The van der Waals surface area contributed by atoms with Gasteiger partial charge in [0, 0.05) is 51.2 Å². The molecule has 2 aromatic rings. The number of sulfonamides is 1. The molecule has 9 nitrogen and oxygen atoms in total. The molecule has 30 heavy (non-hydrogen) atoms. The van der Waals surface area contributed by atoms with E-state index in [1.165, 1.54) is 32.4 Å². The van der Waals surface area contributed by atoms with E-state index in [2.05, 4.69) is 9.88 Å². The highest BCUT2D eigenvalue weighted by atomic mass is 32.2. The lowest BCUT2D eigenvalue weighted by molar-refractivity contribution is -0.127. The van der Waals surface area contributed by atoms with Gasteiger partial charge in [-0.25, -0.2) is 12.7 Å². The summed E-state index contributed by atoms with van der Waals surface area (Å²) in [7, 11) is -0.803. The van der Waals surface area contributed by atoms with Gasteiger partial charge in [0.25, 0.3) is 5.91 Å². The summed E-state index contributed by atoms with van der Waals surface area (Å²) < 4.78 is 32.4. The molecule has 3 N–H and O–H groups in total. The number of carbonyl (C=O) groups is 1. The average molecular weight is 437 g/mol. The lowest BCUT2D eigenvalue weighted by atomic mass is 10.0. The molecule has 1 aromatic heterocycles. The molecule has 1 aliphatic rings. The number of amides is 1. The number of aromatic nitrogens is 1. The molecule has 1 aromatic carbocycles. The Morgan fingerprint density at radius 1 is 1.40 bits per heavy atom. The first-order valence-corrected chi connectivity index (χ1v) is 11.2. The molecule has 0 aliphatic carbocycles. The molecule has 0 bridgehead atoms. The SMILES string of the molecule is C[C@@H](CN1CC[C@H](O)C1)C(Oc1ccc(S(=O)(=O)N(C)C)c2ncccc12)C(N)=O. The predicted molar refractivity (Wildman–Crippen MR) is 112 cm³/mol. The zero-order chi connectivity index (χ0) is 22.1. The molecule has 3 rings (SSSR count). The summed E-state index contributed by atoms with van der Waals surface area (Å²) in [5, 5.41) is 10.2. The number of hydrogen-bond acceptors (Lipinski definition) is 7. The van der Waals surface area contributed by atoms with Crippen molar-refractivity contribution in [2.75, 3.05) is 33.7 Å². The second-order valence-electron chi connectivity index (χ2n) is 7.87. The zero-order valence-corrected chi connectivity index (χ0v) is 18.2. The molecular weight excluding hydrogens is 408 g/mol. The van der Waals surface area contributed by atoms with Crippen molar-refractivity contribution in [1.29, 1.82) is 0 Å². The van der Waals surface area contributed by atoms with Crippen LogP contribution >= 0.6 is 0 Å². The normalized spacial score (nSPS) is 19.8. The van der Waals surface area contributed by atoms with Crippen LogP contribution in [0.15, 0.2) is 35.4 Å². The molecule has 1 amide bonds. The van der Waals surface area contributed by atoms with E-state index in [0.717, 1.165) is 10.8 Å². The Kier molecular flexibility index (Phi) is 6.61. The Morgan fingerprint density at radius 3 is 2.73 bits per heavy atom. The van der Waals surface area contributed by atoms with E-state index in [1.54, 1.807) is 12.1 Å². The number of rotatable bonds is 8. The summed E-state index contributed by atoms with van der Waals surface area (Å²) in [5.41, 5.74) is 5.89. The van der Waals surface area contributed by atoms with Crippen molar-refractivity contribution in [3.05, 3.63) is 30.5 Å². The Morgan fingerprint density at radius 2 is 2.13 bits per heavy atom. The van der Waals surface area contributed by atoms with Crippen LogP contribution in [0.2, 0.25) is 0 Å². The molecule has 0 radical (unpaired) electrons. The highest BCUT2D eigenvalue weighted by Gasteiger charge is 2.31. The van der Waals surface area contributed by atoms with Crippen LogP contribution in [0, 0.1) is 5.92 Å². The first kappa shape index (κ1) is 22.4. The minimum Gasteiger partial charge on any atom is -0.480 e. The predicted octanol–water partition coefficient (Wildman–Crippen LogP) is 0.421. The number of primary amides is 1. The van der Waals surface area contributed by atoms with Crippen molar-refractivity contribution < 1.29 is 23.1 Å². The topological polar surface area (TPSA) is 126 Å². The molecule has 10 heteroatoms.